The van der Waals surface area contributed by atoms with Crippen LogP contribution in [0.2, 0.25) is 0 Å². The molecule has 0 bridgehead atoms. The zero-order valence-electron chi connectivity index (χ0n) is 13.3. The highest BCUT2D eigenvalue weighted by atomic mass is 16.5. The second kappa shape index (κ2) is 8.06. The molecule has 3 heteroatoms. The summed E-state index contributed by atoms with van der Waals surface area (Å²) in [6.45, 7) is 5.96. The number of piperidine rings is 1. The Balaban J connectivity index is 1.90. The zero-order chi connectivity index (χ0) is 15.1. The van der Waals surface area contributed by atoms with Crippen molar-refractivity contribution in [1.82, 2.24) is 4.90 Å². The van der Waals surface area contributed by atoms with Crippen LogP contribution in [-0.4, -0.2) is 30.0 Å². The fourth-order valence-corrected chi connectivity index (χ4v) is 2.80. The second-order valence-corrected chi connectivity index (χ2v) is 5.92. The number of hydrogen-bond donors (Lipinski definition) is 0. The Morgan fingerprint density at radius 1 is 1.24 bits per heavy atom. The van der Waals surface area contributed by atoms with E-state index in [1.165, 1.54) is 19.3 Å². The van der Waals surface area contributed by atoms with Gasteiger partial charge in [-0.3, -0.25) is 4.79 Å². The van der Waals surface area contributed by atoms with E-state index in [0.29, 0.717) is 6.04 Å². The van der Waals surface area contributed by atoms with Gasteiger partial charge >= 0.3 is 0 Å². The number of likely N-dealkylation sites (tertiary alicyclic amines) is 1. The van der Waals surface area contributed by atoms with Gasteiger partial charge < -0.3 is 9.64 Å². The van der Waals surface area contributed by atoms with Crippen LogP contribution in [-0.2, 0) is 0 Å². The van der Waals surface area contributed by atoms with Crippen molar-refractivity contribution in [2.75, 3.05) is 13.2 Å². The van der Waals surface area contributed by atoms with Crippen molar-refractivity contribution in [3.8, 4) is 5.75 Å². The van der Waals surface area contributed by atoms with Crippen LogP contribution in [0.5, 0.6) is 5.75 Å². The van der Waals surface area contributed by atoms with E-state index < -0.39 is 0 Å². The van der Waals surface area contributed by atoms with E-state index in [2.05, 4.69) is 13.8 Å². The minimum atomic E-state index is 0.153. The molecule has 116 valence electrons. The lowest BCUT2D eigenvalue weighted by atomic mass is 10.0. The molecule has 21 heavy (non-hydrogen) atoms. The van der Waals surface area contributed by atoms with E-state index in [0.717, 1.165) is 43.7 Å². The molecule has 0 spiro atoms. The number of ether oxygens (including phenoxy) is 1. The average molecular weight is 289 g/mol. The van der Waals surface area contributed by atoms with Crippen molar-refractivity contribution in [2.24, 2.45) is 0 Å². The zero-order valence-corrected chi connectivity index (χ0v) is 13.3. The molecule has 1 atom stereocenters. The van der Waals surface area contributed by atoms with Gasteiger partial charge in [-0.25, -0.2) is 0 Å². The summed E-state index contributed by atoms with van der Waals surface area (Å²) in [7, 11) is 0. The first-order chi connectivity index (χ1) is 10.2. The highest BCUT2D eigenvalue weighted by Gasteiger charge is 2.23. The molecule has 1 aliphatic heterocycles. The van der Waals surface area contributed by atoms with Crippen molar-refractivity contribution in [2.45, 2.75) is 58.4 Å². The van der Waals surface area contributed by atoms with Gasteiger partial charge in [-0.1, -0.05) is 19.8 Å². The highest BCUT2D eigenvalue weighted by molar-refractivity contribution is 5.94. The van der Waals surface area contributed by atoms with Crippen LogP contribution >= 0.6 is 0 Å². The third kappa shape index (κ3) is 4.48. The molecule has 0 saturated carbocycles. The summed E-state index contributed by atoms with van der Waals surface area (Å²) in [5, 5.41) is 0. The SMILES string of the molecule is CCCCCOc1ccc(C(=O)N2CCCCC2C)cc1. The molecule has 1 heterocycles. The van der Waals surface area contributed by atoms with Crippen molar-refractivity contribution >= 4 is 5.91 Å². The van der Waals surface area contributed by atoms with E-state index in [-0.39, 0.29) is 5.91 Å². The molecule has 1 saturated heterocycles. The van der Waals surface area contributed by atoms with Gasteiger partial charge in [0, 0.05) is 18.2 Å². The number of carbonyl (C=O) groups excluding carboxylic acids is 1. The summed E-state index contributed by atoms with van der Waals surface area (Å²) in [5.41, 5.74) is 0.768. The number of benzene rings is 1. The van der Waals surface area contributed by atoms with Crippen LogP contribution in [0.3, 0.4) is 0 Å². The molecule has 1 amide bonds. The molecule has 0 N–H and O–H groups in total. The molecule has 1 aliphatic rings. The fourth-order valence-electron chi connectivity index (χ4n) is 2.80. The fraction of sp³-hybridized carbons (Fsp3) is 0.611. The second-order valence-electron chi connectivity index (χ2n) is 5.92. The smallest absolute Gasteiger partial charge is 0.254 e. The summed E-state index contributed by atoms with van der Waals surface area (Å²) in [6, 6.07) is 7.95. The van der Waals surface area contributed by atoms with Crippen LogP contribution in [0.15, 0.2) is 24.3 Å². The normalized spacial score (nSPS) is 18.6. The number of amides is 1. The molecule has 1 aromatic rings. The van der Waals surface area contributed by atoms with Gasteiger partial charge in [0.15, 0.2) is 0 Å². The summed E-state index contributed by atoms with van der Waals surface area (Å²) in [6.07, 6.45) is 6.95. The number of hydrogen-bond acceptors (Lipinski definition) is 2. The van der Waals surface area contributed by atoms with Crippen LogP contribution in [0.4, 0.5) is 0 Å². The Bertz CT molecular complexity index is 441. The van der Waals surface area contributed by atoms with Gasteiger partial charge in [-0.15, -0.1) is 0 Å². The topological polar surface area (TPSA) is 29.5 Å². The summed E-state index contributed by atoms with van der Waals surface area (Å²) in [5.74, 6) is 1.01. The quantitative estimate of drug-likeness (QED) is 0.732. The summed E-state index contributed by atoms with van der Waals surface area (Å²) >= 11 is 0. The molecule has 0 radical (unpaired) electrons. The van der Waals surface area contributed by atoms with Crippen LogP contribution in [0, 0.1) is 0 Å². The van der Waals surface area contributed by atoms with Gasteiger partial charge in [0.25, 0.3) is 5.91 Å². The molecule has 2 rings (SSSR count). The molecule has 1 fully saturated rings. The first-order valence-electron chi connectivity index (χ1n) is 8.26. The number of rotatable bonds is 6. The standard InChI is InChI=1S/C18H27NO2/c1-3-4-7-14-21-17-11-9-16(10-12-17)18(20)19-13-6-5-8-15(19)2/h9-12,15H,3-8,13-14H2,1-2H3. The van der Waals surface area contributed by atoms with Crippen molar-refractivity contribution in [3.63, 3.8) is 0 Å². The Kier molecular flexibility index (Phi) is 6.09. The Hall–Kier alpha value is -1.51. The van der Waals surface area contributed by atoms with Crippen LogP contribution < -0.4 is 4.74 Å². The van der Waals surface area contributed by atoms with Gasteiger partial charge in [0.1, 0.15) is 5.75 Å². The summed E-state index contributed by atoms with van der Waals surface area (Å²) in [4.78, 5) is 14.5. The first-order valence-corrected chi connectivity index (χ1v) is 8.26. The lowest BCUT2D eigenvalue weighted by Gasteiger charge is -2.33. The number of carbonyl (C=O) groups is 1. The van der Waals surface area contributed by atoms with Crippen molar-refractivity contribution < 1.29 is 9.53 Å². The Labute approximate surface area is 128 Å². The molecular weight excluding hydrogens is 262 g/mol. The predicted molar refractivity (Wildman–Crippen MR) is 85.8 cm³/mol. The third-order valence-corrected chi connectivity index (χ3v) is 4.18. The van der Waals surface area contributed by atoms with E-state index in [9.17, 15) is 4.79 Å². The average Bonchev–Trinajstić information content (AvgIpc) is 2.52. The minimum absolute atomic E-state index is 0.153. The maximum atomic E-state index is 12.5. The Morgan fingerprint density at radius 2 is 2.00 bits per heavy atom. The van der Waals surface area contributed by atoms with Crippen molar-refractivity contribution in [1.29, 1.82) is 0 Å². The van der Waals surface area contributed by atoms with Gasteiger partial charge in [0.2, 0.25) is 0 Å². The highest BCUT2D eigenvalue weighted by Crippen LogP contribution is 2.20. The number of nitrogens with zero attached hydrogens (tertiary/aromatic N) is 1. The van der Waals surface area contributed by atoms with Crippen LogP contribution in [0.25, 0.3) is 0 Å². The first kappa shape index (κ1) is 15.9. The Morgan fingerprint density at radius 3 is 2.67 bits per heavy atom. The van der Waals surface area contributed by atoms with E-state index >= 15 is 0 Å². The molecular formula is C18H27NO2. The molecule has 0 aromatic heterocycles. The van der Waals surface area contributed by atoms with Gasteiger partial charge in [-0.05, 0) is 56.9 Å². The lowest BCUT2D eigenvalue weighted by molar-refractivity contribution is 0.0635. The molecule has 1 unspecified atom stereocenters. The van der Waals surface area contributed by atoms with E-state index in [1.807, 2.05) is 29.2 Å². The maximum absolute atomic E-state index is 12.5. The van der Waals surface area contributed by atoms with Crippen LogP contribution in [0.1, 0.15) is 62.7 Å². The molecule has 1 aromatic carbocycles. The van der Waals surface area contributed by atoms with Gasteiger partial charge in [-0.2, -0.15) is 0 Å². The largest absolute Gasteiger partial charge is 0.494 e. The maximum Gasteiger partial charge on any atom is 0.254 e. The molecule has 0 aliphatic carbocycles. The minimum Gasteiger partial charge on any atom is -0.494 e. The third-order valence-electron chi connectivity index (χ3n) is 4.18. The summed E-state index contributed by atoms with van der Waals surface area (Å²) < 4.78 is 5.68. The lowest BCUT2D eigenvalue weighted by Crippen LogP contribution is -2.41. The van der Waals surface area contributed by atoms with E-state index in [4.69, 9.17) is 4.74 Å². The monoisotopic (exact) mass is 289 g/mol. The van der Waals surface area contributed by atoms with Crippen molar-refractivity contribution in [3.05, 3.63) is 29.8 Å². The predicted octanol–water partition coefficient (Wildman–Crippen LogP) is 4.27. The molecule has 3 nitrogen and oxygen atoms in total. The van der Waals surface area contributed by atoms with E-state index in [1.54, 1.807) is 0 Å². The number of unbranched alkanes of at least 4 members (excludes halogenated alkanes) is 2. The van der Waals surface area contributed by atoms with Gasteiger partial charge in [0.05, 0.1) is 6.61 Å².